The van der Waals surface area contributed by atoms with Crippen LogP contribution >= 0.6 is 15.2 Å². The van der Waals surface area contributed by atoms with Crippen molar-refractivity contribution in [2.45, 2.75) is 11.8 Å². The van der Waals surface area contributed by atoms with Crippen LogP contribution in [0.25, 0.3) is 0 Å². The third kappa shape index (κ3) is 4.83. The van der Waals surface area contributed by atoms with Crippen LogP contribution in [-0.4, -0.2) is 32.5 Å². The molecule has 0 heterocycles. The second-order valence-electron chi connectivity index (χ2n) is 3.92. The minimum Gasteiger partial charge on any atom is -0.493 e. The fourth-order valence-electron chi connectivity index (χ4n) is 1.55. The highest BCUT2D eigenvalue weighted by molar-refractivity contribution is 7.70. The van der Waals surface area contributed by atoms with Crippen molar-refractivity contribution in [3.63, 3.8) is 0 Å². The van der Waals surface area contributed by atoms with E-state index in [0.29, 0.717) is 12.0 Å². The van der Waals surface area contributed by atoms with Crippen LogP contribution in [0.2, 0.25) is 0 Å². The van der Waals surface area contributed by atoms with E-state index < -0.39 is 20.6 Å². The van der Waals surface area contributed by atoms with Gasteiger partial charge >= 0.3 is 15.2 Å². The summed E-state index contributed by atoms with van der Waals surface area (Å²) < 4.78 is 27.5. The van der Waals surface area contributed by atoms with Crippen LogP contribution in [0.3, 0.4) is 0 Å². The van der Waals surface area contributed by atoms with Crippen molar-refractivity contribution < 1.29 is 38.2 Å². The maximum Gasteiger partial charge on any atom is 0.345 e. The van der Waals surface area contributed by atoms with E-state index in [4.69, 9.17) is 24.3 Å². The zero-order chi connectivity index (χ0) is 15.4. The lowest BCUT2D eigenvalue weighted by Crippen LogP contribution is -2.02. The molecular formula is C10H14O8P2. The van der Waals surface area contributed by atoms with Crippen molar-refractivity contribution in [1.29, 1.82) is 0 Å². The van der Waals surface area contributed by atoms with Gasteiger partial charge in [0.2, 0.25) is 0 Å². The molecule has 0 aliphatic heterocycles. The number of aldehydes is 1. The van der Waals surface area contributed by atoms with E-state index in [1.807, 2.05) is 0 Å². The molecule has 0 radical (unpaired) electrons. The number of hydrogen-bond donors (Lipinski definition) is 4. The van der Waals surface area contributed by atoms with E-state index in [1.54, 1.807) is 0 Å². The van der Waals surface area contributed by atoms with Crippen molar-refractivity contribution >= 4 is 21.5 Å². The summed E-state index contributed by atoms with van der Waals surface area (Å²) in [5, 5.41) is -2.20. The van der Waals surface area contributed by atoms with Crippen LogP contribution in [0.4, 0.5) is 0 Å². The van der Waals surface area contributed by atoms with Gasteiger partial charge in [-0.1, -0.05) is 12.1 Å². The zero-order valence-corrected chi connectivity index (χ0v) is 12.0. The number of rotatable bonds is 7. The Morgan fingerprint density at radius 2 is 1.55 bits per heavy atom. The lowest BCUT2D eigenvalue weighted by atomic mass is 10.2. The van der Waals surface area contributed by atoms with Gasteiger partial charge in [-0.2, -0.15) is 0 Å². The molecule has 1 rings (SSSR count). The standard InChI is InChI=1S/C10H14O8P2/c11-6-1-7-18-9-4-2-8(3-5-9)10(19(12,13)14)20(15,16)17/h2-6,10H,1,7H2,(H2,12,13,14)(H2,15,16,17). The van der Waals surface area contributed by atoms with Gasteiger partial charge in [-0.3, -0.25) is 9.13 Å². The smallest absolute Gasteiger partial charge is 0.345 e. The van der Waals surface area contributed by atoms with Crippen LogP contribution in [0.15, 0.2) is 24.3 Å². The fourth-order valence-corrected chi connectivity index (χ4v) is 4.23. The maximum atomic E-state index is 11.2. The molecule has 0 atom stereocenters. The number of carbonyl (C=O) groups excluding carboxylic acids is 1. The van der Waals surface area contributed by atoms with Gasteiger partial charge in [-0.25, -0.2) is 0 Å². The van der Waals surface area contributed by atoms with Crippen LogP contribution in [-0.2, 0) is 13.9 Å². The minimum atomic E-state index is -5.01. The molecule has 20 heavy (non-hydrogen) atoms. The third-order valence-electron chi connectivity index (χ3n) is 2.32. The molecule has 8 nitrogen and oxygen atoms in total. The molecule has 0 aliphatic carbocycles. The SMILES string of the molecule is O=CCCOc1ccc(C(P(=O)(O)O)P(=O)(O)O)cc1. The molecule has 0 aromatic heterocycles. The number of hydrogen-bond acceptors (Lipinski definition) is 4. The molecule has 10 heteroatoms. The third-order valence-corrected chi connectivity index (χ3v) is 6.00. The quantitative estimate of drug-likeness (QED) is 0.331. The average molecular weight is 324 g/mol. The van der Waals surface area contributed by atoms with E-state index in [2.05, 4.69) is 0 Å². The summed E-state index contributed by atoms with van der Waals surface area (Å²) in [7, 11) is -10.0. The first-order valence-electron chi connectivity index (χ1n) is 5.43. The molecule has 0 aliphatic rings. The Bertz CT molecular complexity index is 521. The van der Waals surface area contributed by atoms with Crippen LogP contribution < -0.4 is 4.74 Å². The van der Waals surface area contributed by atoms with Gasteiger partial charge in [-0.15, -0.1) is 0 Å². The molecular weight excluding hydrogens is 310 g/mol. The molecule has 0 spiro atoms. The van der Waals surface area contributed by atoms with Crippen molar-refractivity contribution in [2.75, 3.05) is 6.61 Å². The molecule has 0 bridgehead atoms. The van der Waals surface area contributed by atoms with E-state index in [-0.39, 0.29) is 18.6 Å². The first-order chi connectivity index (χ1) is 9.16. The van der Waals surface area contributed by atoms with Gasteiger partial charge in [-0.05, 0) is 17.7 Å². The van der Waals surface area contributed by atoms with Crippen LogP contribution in [0.1, 0.15) is 17.4 Å². The maximum absolute atomic E-state index is 11.2. The summed E-state index contributed by atoms with van der Waals surface area (Å²) in [4.78, 5) is 46.3. The molecule has 0 amide bonds. The molecule has 0 saturated carbocycles. The van der Waals surface area contributed by atoms with E-state index in [9.17, 15) is 13.9 Å². The Hall–Kier alpha value is -1.01. The first-order valence-corrected chi connectivity index (χ1v) is 8.79. The van der Waals surface area contributed by atoms with Gasteiger partial charge in [0, 0.05) is 6.42 Å². The summed E-state index contributed by atoms with van der Waals surface area (Å²) in [6.07, 6.45) is 0.862. The highest BCUT2D eigenvalue weighted by Gasteiger charge is 2.44. The molecule has 4 N–H and O–H groups in total. The van der Waals surface area contributed by atoms with Gasteiger partial charge in [0.15, 0.2) is 5.40 Å². The van der Waals surface area contributed by atoms with Crippen molar-refractivity contribution in [3.8, 4) is 5.75 Å². The summed E-state index contributed by atoms with van der Waals surface area (Å²) in [5.74, 6) is 0.325. The molecule has 1 aromatic rings. The van der Waals surface area contributed by atoms with Gasteiger partial charge < -0.3 is 29.1 Å². The van der Waals surface area contributed by atoms with Gasteiger partial charge in [0.25, 0.3) is 0 Å². The summed E-state index contributed by atoms with van der Waals surface area (Å²) in [5.41, 5.74) is -0.186. The first kappa shape index (κ1) is 17.0. The molecule has 0 fully saturated rings. The van der Waals surface area contributed by atoms with Gasteiger partial charge in [0.05, 0.1) is 6.61 Å². The number of ether oxygens (including phenoxy) is 1. The Morgan fingerprint density at radius 1 is 1.05 bits per heavy atom. The number of benzene rings is 1. The monoisotopic (exact) mass is 324 g/mol. The molecule has 0 saturated heterocycles. The van der Waals surface area contributed by atoms with E-state index >= 15 is 0 Å². The second-order valence-corrected chi connectivity index (χ2v) is 7.72. The summed E-state index contributed by atoms with van der Waals surface area (Å²) >= 11 is 0. The van der Waals surface area contributed by atoms with Crippen molar-refractivity contribution in [3.05, 3.63) is 29.8 Å². The highest BCUT2D eigenvalue weighted by atomic mass is 31.2. The Morgan fingerprint density at radius 3 is 1.95 bits per heavy atom. The predicted octanol–water partition coefficient (Wildman–Crippen LogP) is 1.01. The molecule has 0 unspecified atom stereocenters. The van der Waals surface area contributed by atoms with Crippen molar-refractivity contribution in [2.24, 2.45) is 0 Å². The van der Waals surface area contributed by atoms with Gasteiger partial charge in [0.1, 0.15) is 12.0 Å². The van der Waals surface area contributed by atoms with Crippen LogP contribution in [0.5, 0.6) is 5.75 Å². The fraction of sp³-hybridized carbons (Fsp3) is 0.300. The second kappa shape index (κ2) is 6.63. The minimum absolute atomic E-state index is 0.142. The Kier molecular flexibility index (Phi) is 5.65. The largest absolute Gasteiger partial charge is 0.493 e. The Balaban J connectivity index is 2.98. The normalized spacial score (nSPS) is 12.4. The predicted molar refractivity (Wildman–Crippen MR) is 69.4 cm³/mol. The summed E-state index contributed by atoms with van der Waals surface area (Å²) in [6.45, 7) is 0.142. The topological polar surface area (TPSA) is 141 Å². The lowest BCUT2D eigenvalue weighted by molar-refractivity contribution is -0.108. The number of carbonyl (C=O) groups is 1. The van der Waals surface area contributed by atoms with E-state index in [1.165, 1.54) is 24.3 Å². The summed E-state index contributed by atoms with van der Waals surface area (Å²) in [6, 6.07) is 4.97. The van der Waals surface area contributed by atoms with Crippen molar-refractivity contribution in [1.82, 2.24) is 0 Å². The Labute approximate surface area is 114 Å². The molecule has 1 aromatic carbocycles. The van der Waals surface area contributed by atoms with E-state index in [0.717, 1.165) is 0 Å². The average Bonchev–Trinajstić information content (AvgIpc) is 2.28. The zero-order valence-electron chi connectivity index (χ0n) is 10.2. The van der Waals surface area contributed by atoms with Crippen LogP contribution in [0, 0.1) is 0 Å². The molecule has 112 valence electrons. The lowest BCUT2D eigenvalue weighted by Gasteiger charge is -2.20. The highest BCUT2D eigenvalue weighted by Crippen LogP contribution is 2.69.